The highest BCUT2D eigenvalue weighted by Gasteiger charge is 2.20. The molecule has 3 rings (SSSR count). The number of carbonyl (C=O) groups is 1. The van der Waals surface area contributed by atoms with Gasteiger partial charge in [-0.25, -0.2) is 0 Å². The fourth-order valence-electron chi connectivity index (χ4n) is 2.84. The third kappa shape index (κ3) is 3.25. The van der Waals surface area contributed by atoms with E-state index in [2.05, 4.69) is 4.98 Å². The number of nitrogens with one attached hydrogen (secondary N) is 1. The maximum absolute atomic E-state index is 12.3. The van der Waals surface area contributed by atoms with Crippen molar-refractivity contribution in [2.75, 3.05) is 6.61 Å². The Morgan fingerprint density at radius 1 is 1.17 bits per heavy atom. The van der Waals surface area contributed by atoms with Gasteiger partial charge in [0.15, 0.2) is 0 Å². The largest absolute Gasteiger partial charge is 0.462 e. The van der Waals surface area contributed by atoms with Gasteiger partial charge in [-0.3, -0.25) is 4.79 Å². The number of aliphatic hydroxyl groups is 1. The van der Waals surface area contributed by atoms with Crippen LogP contribution in [-0.4, -0.2) is 28.8 Å². The predicted molar refractivity (Wildman–Crippen MR) is 96.5 cm³/mol. The van der Waals surface area contributed by atoms with E-state index in [0.29, 0.717) is 11.4 Å². The first-order valence-electron chi connectivity index (χ1n) is 8.02. The van der Waals surface area contributed by atoms with Crippen molar-refractivity contribution in [2.24, 2.45) is 0 Å². The Kier molecular flexibility index (Phi) is 4.78. The first-order valence-corrected chi connectivity index (χ1v) is 8.39. The number of esters is 1. The van der Waals surface area contributed by atoms with Crippen LogP contribution in [0.5, 0.6) is 0 Å². The third-order valence-corrected chi connectivity index (χ3v) is 4.53. The van der Waals surface area contributed by atoms with E-state index in [4.69, 9.17) is 21.4 Å². The minimum atomic E-state index is -0.370. The number of hydrogen-bond acceptors (Lipinski definition) is 3. The summed E-state index contributed by atoms with van der Waals surface area (Å²) in [5.74, 6) is -0.653. The number of halogens is 1. The molecule has 0 saturated carbocycles. The molecule has 4 nitrogen and oxygen atoms in total. The second-order valence-electron chi connectivity index (χ2n) is 6.10. The topological polar surface area (TPSA) is 62.3 Å². The van der Waals surface area contributed by atoms with Gasteiger partial charge in [-0.2, -0.15) is 0 Å². The van der Waals surface area contributed by atoms with Gasteiger partial charge in [0, 0.05) is 39.9 Å². The number of aromatic amines is 1. The highest BCUT2D eigenvalue weighted by Crippen LogP contribution is 2.30. The van der Waals surface area contributed by atoms with Crippen molar-refractivity contribution in [3.63, 3.8) is 0 Å². The van der Waals surface area contributed by atoms with Crippen molar-refractivity contribution in [3.8, 4) is 0 Å². The number of carbonyl (C=O) groups excluding carboxylic acids is 1. The van der Waals surface area contributed by atoms with Gasteiger partial charge < -0.3 is 14.8 Å². The standard InChI is InChI=1S/C19H20ClNO3/c1-11(7-8-22)24-19(23)12(2)13-3-5-15-16-10-14(20)4-6-17(16)21-18(15)9-13/h3-6,9-12,21-22H,7-8H2,1-2H3. The average Bonchev–Trinajstić information content (AvgIpc) is 2.91. The summed E-state index contributed by atoms with van der Waals surface area (Å²) in [4.78, 5) is 15.6. The second kappa shape index (κ2) is 6.83. The van der Waals surface area contributed by atoms with Crippen LogP contribution in [0.4, 0.5) is 0 Å². The van der Waals surface area contributed by atoms with E-state index in [0.717, 1.165) is 27.4 Å². The molecule has 0 aliphatic rings. The van der Waals surface area contributed by atoms with Crippen LogP contribution in [0.25, 0.3) is 21.8 Å². The molecule has 1 aromatic heterocycles. The number of ether oxygens (including phenoxy) is 1. The van der Waals surface area contributed by atoms with E-state index >= 15 is 0 Å². The van der Waals surface area contributed by atoms with E-state index in [1.54, 1.807) is 6.92 Å². The average molecular weight is 346 g/mol. The maximum atomic E-state index is 12.3. The zero-order valence-electron chi connectivity index (χ0n) is 13.7. The SMILES string of the molecule is CC(CCO)OC(=O)C(C)c1ccc2c(c1)[nH]c1ccc(Cl)cc12. The van der Waals surface area contributed by atoms with E-state index in [1.165, 1.54) is 0 Å². The molecule has 2 unspecified atom stereocenters. The fourth-order valence-corrected chi connectivity index (χ4v) is 3.01. The van der Waals surface area contributed by atoms with Crippen molar-refractivity contribution in [1.82, 2.24) is 4.98 Å². The summed E-state index contributed by atoms with van der Waals surface area (Å²) >= 11 is 6.08. The molecule has 0 radical (unpaired) electrons. The van der Waals surface area contributed by atoms with Gasteiger partial charge in [0.1, 0.15) is 6.10 Å². The molecule has 3 aromatic rings. The smallest absolute Gasteiger partial charge is 0.313 e. The summed E-state index contributed by atoms with van der Waals surface area (Å²) in [6.07, 6.45) is 0.157. The lowest BCUT2D eigenvalue weighted by Gasteiger charge is -2.16. The number of H-pyrrole nitrogens is 1. The third-order valence-electron chi connectivity index (χ3n) is 4.29. The Morgan fingerprint density at radius 3 is 2.71 bits per heavy atom. The molecule has 24 heavy (non-hydrogen) atoms. The molecule has 2 atom stereocenters. The lowest BCUT2D eigenvalue weighted by atomic mass is 9.99. The molecule has 0 aliphatic carbocycles. The molecular formula is C19H20ClNO3. The van der Waals surface area contributed by atoms with E-state index in [1.807, 2.05) is 43.3 Å². The van der Waals surface area contributed by atoms with Crippen molar-refractivity contribution >= 4 is 39.4 Å². The zero-order valence-corrected chi connectivity index (χ0v) is 14.4. The van der Waals surface area contributed by atoms with Crippen LogP contribution >= 0.6 is 11.6 Å². The van der Waals surface area contributed by atoms with Crippen molar-refractivity contribution in [1.29, 1.82) is 0 Å². The summed E-state index contributed by atoms with van der Waals surface area (Å²) in [6.45, 7) is 3.62. The summed E-state index contributed by atoms with van der Waals surface area (Å²) in [5.41, 5.74) is 2.87. The molecule has 5 heteroatoms. The Bertz CT molecular complexity index is 887. The number of aliphatic hydroxyl groups excluding tert-OH is 1. The van der Waals surface area contributed by atoms with E-state index < -0.39 is 0 Å². The van der Waals surface area contributed by atoms with Crippen LogP contribution in [0.1, 0.15) is 31.7 Å². The molecule has 0 spiro atoms. The Hall–Kier alpha value is -2.04. The lowest BCUT2D eigenvalue weighted by molar-refractivity contribution is -0.150. The van der Waals surface area contributed by atoms with Crippen LogP contribution < -0.4 is 0 Å². The molecule has 2 N–H and O–H groups in total. The summed E-state index contributed by atoms with van der Waals surface area (Å²) in [6, 6.07) is 11.7. The molecule has 0 saturated heterocycles. The lowest BCUT2D eigenvalue weighted by Crippen LogP contribution is -2.20. The molecule has 2 aromatic carbocycles. The molecule has 0 amide bonds. The van der Waals surface area contributed by atoms with E-state index in [-0.39, 0.29) is 24.6 Å². The first kappa shape index (κ1) is 16.8. The number of fused-ring (bicyclic) bond motifs is 3. The Labute approximate surface area is 145 Å². The van der Waals surface area contributed by atoms with E-state index in [9.17, 15) is 4.79 Å². The monoisotopic (exact) mass is 345 g/mol. The Morgan fingerprint density at radius 2 is 1.96 bits per heavy atom. The van der Waals surface area contributed by atoms with Gasteiger partial charge in [0.2, 0.25) is 0 Å². The second-order valence-corrected chi connectivity index (χ2v) is 6.54. The van der Waals surface area contributed by atoms with Crippen LogP contribution in [0.15, 0.2) is 36.4 Å². The van der Waals surface area contributed by atoms with Crippen LogP contribution in [-0.2, 0) is 9.53 Å². The van der Waals surface area contributed by atoms with Gasteiger partial charge in [-0.05, 0) is 43.7 Å². The van der Waals surface area contributed by atoms with Gasteiger partial charge in [0.25, 0.3) is 0 Å². The van der Waals surface area contributed by atoms with Crippen LogP contribution in [0.3, 0.4) is 0 Å². The number of aromatic nitrogens is 1. The molecule has 0 aliphatic heterocycles. The molecule has 0 bridgehead atoms. The molecule has 126 valence electrons. The first-order chi connectivity index (χ1) is 11.5. The number of hydrogen-bond donors (Lipinski definition) is 2. The van der Waals surface area contributed by atoms with Gasteiger partial charge in [0.05, 0.1) is 5.92 Å². The summed E-state index contributed by atoms with van der Waals surface area (Å²) in [7, 11) is 0. The minimum absolute atomic E-state index is 0.00636. The minimum Gasteiger partial charge on any atom is -0.462 e. The van der Waals surface area contributed by atoms with Gasteiger partial charge in [-0.15, -0.1) is 0 Å². The summed E-state index contributed by atoms with van der Waals surface area (Å²) in [5, 5.41) is 11.7. The highest BCUT2D eigenvalue weighted by molar-refractivity contribution is 6.31. The maximum Gasteiger partial charge on any atom is 0.313 e. The van der Waals surface area contributed by atoms with Crippen molar-refractivity contribution in [2.45, 2.75) is 32.3 Å². The number of rotatable bonds is 5. The van der Waals surface area contributed by atoms with Crippen molar-refractivity contribution < 1.29 is 14.6 Å². The number of benzene rings is 2. The van der Waals surface area contributed by atoms with Crippen LogP contribution in [0.2, 0.25) is 5.02 Å². The van der Waals surface area contributed by atoms with Crippen LogP contribution in [0, 0.1) is 0 Å². The van der Waals surface area contributed by atoms with Gasteiger partial charge in [-0.1, -0.05) is 23.7 Å². The summed E-state index contributed by atoms with van der Waals surface area (Å²) < 4.78 is 5.37. The zero-order chi connectivity index (χ0) is 17.3. The Balaban J connectivity index is 1.90. The highest BCUT2D eigenvalue weighted by atomic mass is 35.5. The normalized spacial score (nSPS) is 14.0. The molecule has 1 heterocycles. The molecular weight excluding hydrogens is 326 g/mol. The molecule has 0 fully saturated rings. The fraction of sp³-hybridized carbons (Fsp3) is 0.316. The van der Waals surface area contributed by atoms with Crippen molar-refractivity contribution in [3.05, 3.63) is 47.0 Å². The quantitative estimate of drug-likeness (QED) is 0.674. The predicted octanol–water partition coefficient (Wildman–Crippen LogP) is 4.39. The van der Waals surface area contributed by atoms with Gasteiger partial charge >= 0.3 is 5.97 Å².